The number of nitrogens with two attached hydrogens (primary N) is 1. The standard InChI is InChI=1S/C12H11N3O2/c13-6-8-1-3-10(4-2-8)15-7-9(12(14)17)5-11(15)16/h1-4,9H,5,7H2,(H2,14,17). The Bertz CT molecular complexity index is 501. The number of amides is 2. The molecule has 1 aliphatic heterocycles. The predicted molar refractivity (Wildman–Crippen MR) is 60.8 cm³/mol. The average Bonchev–Trinajstić information content (AvgIpc) is 2.72. The smallest absolute Gasteiger partial charge is 0.227 e. The van der Waals surface area contributed by atoms with Gasteiger partial charge in [-0.1, -0.05) is 0 Å². The van der Waals surface area contributed by atoms with Gasteiger partial charge in [-0.15, -0.1) is 0 Å². The lowest BCUT2D eigenvalue weighted by Crippen LogP contribution is -2.28. The van der Waals surface area contributed by atoms with E-state index in [2.05, 4.69) is 0 Å². The monoisotopic (exact) mass is 229 g/mol. The largest absolute Gasteiger partial charge is 0.369 e. The van der Waals surface area contributed by atoms with Crippen LogP contribution in [0.2, 0.25) is 0 Å². The van der Waals surface area contributed by atoms with Gasteiger partial charge in [-0.05, 0) is 24.3 Å². The third-order valence-electron chi connectivity index (χ3n) is 2.84. The van der Waals surface area contributed by atoms with E-state index in [1.54, 1.807) is 24.3 Å². The summed E-state index contributed by atoms with van der Waals surface area (Å²) >= 11 is 0. The summed E-state index contributed by atoms with van der Waals surface area (Å²) in [6, 6.07) is 8.67. The lowest BCUT2D eigenvalue weighted by Gasteiger charge is -2.15. The minimum Gasteiger partial charge on any atom is -0.369 e. The molecule has 0 aliphatic carbocycles. The molecule has 1 aromatic rings. The zero-order valence-corrected chi connectivity index (χ0v) is 9.09. The molecule has 2 rings (SSSR count). The van der Waals surface area contributed by atoms with Crippen molar-refractivity contribution in [1.82, 2.24) is 0 Å². The van der Waals surface area contributed by atoms with Crippen LogP contribution in [0.25, 0.3) is 0 Å². The number of hydrogen-bond acceptors (Lipinski definition) is 3. The zero-order valence-electron chi connectivity index (χ0n) is 9.09. The molecule has 17 heavy (non-hydrogen) atoms. The number of nitrogens with zero attached hydrogens (tertiary/aromatic N) is 2. The van der Waals surface area contributed by atoms with Crippen LogP contribution in [0.3, 0.4) is 0 Å². The van der Waals surface area contributed by atoms with E-state index in [1.165, 1.54) is 4.90 Å². The summed E-state index contributed by atoms with van der Waals surface area (Å²) in [5, 5.41) is 8.67. The quantitative estimate of drug-likeness (QED) is 0.796. The fourth-order valence-electron chi connectivity index (χ4n) is 1.86. The van der Waals surface area contributed by atoms with E-state index in [-0.39, 0.29) is 12.3 Å². The lowest BCUT2D eigenvalue weighted by atomic mass is 10.1. The van der Waals surface area contributed by atoms with E-state index in [0.29, 0.717) is 17.8 Å². The third-order valence-corrected chi connectivity index (χ3v) is 2.84. The van der Waals surface area contributed by atoms with Gasteiger partial charge in [-0.3, -0.25) is 9.59 Å². The molecule has 1 heterocycles. The van der Waals surface area contributed by atoms with Crippen molar-refractivity contribution in [2.24, 2.45) is 11.7 Å². The summed E-state index contributed by atoms with van der Waals surface area (Å²) in [6.07, 6.45) is 0.162. The maximum absolute atomic E-state index is 11.7. The average molecular weight is 229 g/mol. The summed E-state index contributed by atoms with van der Waals surface area (Å²) in [5.74, 6) is -0.980. The Morgan fingerprint density at radius 3 is 2.53 bits per heavy atom. The van der Waals surface area contributed by atoms with Crippen LogP contribution in [-0.2, 0) is 9.59 Å². The van der Waals surface area contributed by atoms with Crippen molar-refractivity contribution in [3.05, 3.63) is 29.8 Å². The van der Waals surface area contributed by atoms with Gasteiger partial charge < -0.3 is 10.6 Å². The molecule has 1 saturated heterocycles. The maximum atomic E-state index is 11.7. The van der Waals surface area contributed by atoms with Crippen molar-refractivity contribution >= 4 is 17.5 Å². The van der Waals surface area contributed by atoms with Crippen LogP contribution in [0.1, 0.15) is 12.0 Å². The Morgan fingerprint density at radius 2 is 2.06 bits per heavy atom. The van der Waals surface area contributed by atoms with Crippen LogP contribution in [0.4, 0.5) is 5.69 Å². The molecular weight excluding hydrogens is 218 g/mol. The van der Waals surface area contributed by atoms with Crippen molar-refractivity contribution in [3.63, 3.8) is 0 Å². The second-order valence-electron chi connectivity index (χ2n) is 3.97. The molecule has 5 nitrogen and oxygen atoms in total. The van der Waals surface area contributed by atoms with Gasteiger partial charge in [0.05, 0.1) is 17.6 Å². The predicted octanol–water partition coefficient (Wildman–Crippen LogP) is 0.396. The van der Waals surface area contributed by atoms with Gasteiger partial charge in [0.25, 0.3) is 0 Å². The second kappa shape index (κ2) is 4.26. The Morgan fingerprint density at radius 1 is 1.41 bits per heavy atom. The number of benzene rings is 1. The number of carbonyl (C=O) groups is 2. The number of nitriles is 1. The number of hydrogen-bond donors (Lipinski definition) is 1. The highest BCUT2D eigenvalue weighted by molar-refractivity contribution is 6.00. The fraction of sp³-hybridized carbons (Fsp3) is 0.250. The molecule has 1 fully saturated rings. The van der Waals surface area contributed by atoms with Crippen LogP contribution in [0, 0.1) is 17.2 Å². The first-order valence-electron chi connectivity index (χ1n) is 5.21. The van der Waals surface area contributed by atoms with Gasteiger partial charge in [0.1, 0.15) is 0 Å². The Labute approximate surface area is 98.4 Å². The van der Waals surface area contributed by atoms with Crippen molar-refractivity contribution < 1.29 is 9.59 Å². The molecule has 2 N–H and O–H groups in total. The molecule has 0 radical (unpaired) electrons. The van der Waals surface area contributed by atoms with Crippen molar-refractivity contribution in [2.45, 2.75) is 6.42 Å². The van der Waals surface area contributed by atoms with Gasteiger partial charge in [0.2, 0.25) is 11.8 Å². The first-order valence-corrected chi connectivity index (χ1v) is 5.21. The van der Waals surface area contributed by atoms with Crippen LogP contribution < -0.4 is 10.6 Å². The molecule has 0 aromatic heterocycles. The highest BCUT2D eigenvalue weighted by Gasteiger charge is 2.33. The number of rotatable bonds is 2. The molecule has 86 valence electrons. The van der Waals surface area contributed by atoms with E-state index in [9.17, 15) is 9.59 Å². The van der Waals surface area contributed by atoms with Crippen LogP contribution in [-0.4, -0.2) is 18.4 Å². The summed E-state index contributed by atoms with van der Waals surface area (Å²) in [7, 11) is 0. The second-order valence-corrected chi connectivity index (χ2v) is 3.97. The molecule has 1 unspecified atom stereocenters. The Hall–Kier alpha value is -2.35. The normalized spacial score (nSPS) is 19.1. The van der Waals surface area contributed by atoms with Gasteiger partial charge in [-0.2, -0.15) is 5.26 Å². The van der Waals surface area contributed by atoms with E-state index in [4.69, 9.17) is 11.0 Å². The maximum Gasteiger partial charge on any atom is 0.227 e. The summed E-state index contributed by atoms with van der Waals surface area (Å²) in [4.78, 5) is 24.2. The summed E-state index contributed by atoms with van der Waals surface area (Å²) in [5.41, 5.74) is 6.41. The first kappa shape index (κ1) is 11.1. The first-order chi connectivity index (χ1) is 8.11. The van der Waals surface area contributed by atoms with Gasteiger partial charge in [-0.25, -0.2) is 0 Å². The molecule has 2 amide bonds. The van der Waals surface area contributed by atoms with Crippen LogP contribution in [0.15, 0.2) is 24.3 Å². The van der Waals surface area contributed by atoms with E-state index < -0.39 is 11.8 Å². The third kappa shape index (κ3) is 2.11. The van der Waals surface area contributed by atoms with E-state index in [0.717, 1.165) is 0 Å². The molecule has 0 spiro atoms. The lowest BCUT2D eigenvalue weighted by molar-refractivity contribution is -0.123. The highest BCUT2D eigenvalue weighted by atomic mass is 16.2. The number of primary amides is 1. The Balaban J connectivity index is 2.20. The Kier molecular flexibility index (Phi) is 2.79. The molecule has 1 aromatic carbocycles. The fourth-order valence-corrected chi connectivity index (χ4v) is 1.86. The van der Waals surface area contributed by atoms with E-state index in [1.807, 2.05) is 6.07 Å². The van der Waals surface area contributed by atoms with E-state index >= 15 is 0 Å². The molecule has 0 bridgehead atoms. The molecule has 1 atom stereocenters. The minimum absolute atomic E-state index is 0.112. The number of anilines is 1. The molecular formula is C12H11N3O2. The van der Waals surface area contributed by atoms with Crippen LogP contribution >= 0.6 is 0 Å². The van der Waals surface area contributed by atoms with Gasteiger partial charge >= 0.3 is 0 Å². The van der Waals surface area contributed by atoms with Crippen molar-refractivity contribution in [3.8, 4) is 6.07 Å². The zero-order chi connectivity index (χ0) is 12.4. The van der Waals surface area contributed by atoms with Gasteiger partial charge in [0, 0.05) is 18.7 Å². The van der Waals surface area contributed by atoms with Crippen molar-refractivity contribution in [1.29, 1.82) is 5.26 Å². The summed E-state index contributed by atoms with van der Waals surface area (Å²) in [6.45, 7) is 0.320. The topological polar surface area (TPSA) is 87.2 Å². The molecule has 5 heteroatoms. The summed E-state index contributed by atoms with van der Waals surface area (Å²) < 4.78 is 0. The van der Waals surface area contributed by atoms with Gasteiger partial charge in [0.15, 0.2) is 0 Å². The SMILES string of the molecule is N#Cc1ccc(N2CC(C(N)=O)CC2=O)cc1. The minimum atomic E-state index is -0.450. The molecule has 0 saturated carbocycles. The number of carbonyl (C=O) groups excluding carboxylic acids is 2. The van der Waals surface area contributed by atoms with Crippen molar-refractivity contribution in [2.75, 3.05) is 11.4 Å². The van der Waals surface area contributed by atoms with Crippen LogP contribution in [0.5, 0.6) is 0 Å². The highest BCUT2D eigenvalue weighted by Crippen LogP contribution is 2.24. The molecule has 1 aliphatic rings.